The maximum absolute atomic E-state index is 15.4. The van der Waals surface area contributed by atoms with E-state index in [-0.39, 0.29) is 43.6 Å². The van der Waals surface area contributed by atoms with E-state index in [0.29, 0.717) is 17.0 Å². The van der Waals surface area contributed by atoms with Crippen LogP contribution in [0.25, 0.3) is 11.5 Å². The minimum atomic E-state index is -1.83. The molecule has 8 nitrogen and oxygen atoms in total. The highest BCUT2D eigenvalue weighted by Gasteiger charge is 2.45. The monoisotopic (exact) mass is 371 g/mol. The van der Waals surface area contributed by atoms with Crippen LogP contribution in [0.1, 0.15) is 29.3 Å². The third-order valence-corrected chi connectivity index (χ3v) is 4.84. The zero-order valence-corrected chi connectivity index (χ0v) is 15.0. The highest BCUT2D eigenvalue weighted by atomic mass is 19.1. The average molecular weight is 371 g/mol. The predicted octanol–water partition coefficient (Wildman–Crippen LogP) is 2.38. The zero-order chi connectivity index (χ0) is 19.0. The second kappa shape index (κ2) is 6.57. The second-order valence-corrected chi connectivity index (χ2v) is 6.67. The van der Waals surface area contributed by atoms with Crippen molar-refractivity contribution in [2.24, 2.45) is 0 Å². The molecule has 0 aromatic carbocycles. The first-order valence-electron chi connectivity index (χ1n) is 8.59. The molecule has 0 saturated carbocycles. The number of hydrogen-bond donors (Lipinski definition) is 0. The lowest BCUT2D eigenvalue weighted by molar-refractivity contribution is -0.130. The summed E-state index contributed by atoms with van der Waals surface area (Å²) in [6, 6.07) is 3.41. The van der Waals surface area contributed by atoms with Crippen molar-refractivity contribution in [3.05, 3.63) is 47.4 Å². The first-order valence-corrected chi connectivity index (χ1v) is 8.59. The van der Waals surface area contributed by atoms with Crippen molar-refractivity contribution in [3.8, 4) is 11.5 Å². The van der Waals surface area contributed by atoms with E-state index in [4.69, 9.17) is 9.05 Å². The highest BCUT2D eigenvalue weighted by molar-refractivity contribution is 5.79. The van der Waals surface area contributed by atoms with E-state index in [1.165, 1.54) is 4.90 Å². The summed E-state index contributed by atoms with van der Waals surface area (Å²) in [6.07, 6.45) is 3.44. The SMILES string of the molecule is Cc1noc(C)c1CC(=O)N1CCC(F)(c2noc(-c3ccncc3)n2)C1. The molecule has 4 rings (SSSR count). The molecular formula is C18H18FN5O3. The van der Waals surface area contributed by atoms with Gasteiger partial charge in [0.2, 0.25) is 11.7 Å². The number of amides is 1. The molecule has 1 aliphatic heterocycles. The number of carbonyl (C=O) groups is 1. The van der Waals surface area contributed by atoms with Crippen LogP contribution in [0.3, 0.4) is 0 Å². The molecular weight excluding hydrogens is 353 g/mol. The van der Waals surface area contributed by atoms with Crippen molar-refractivity contribution in [2.45, 2.75) is 32.4 Å². The Balaban J connectivity index is 1.48. The maximum Gasteiger partial charge on any atom is 0.258 e. The lowest BCUT2D eigenvalue weighted by Crippen LogP contribution is -2.33. The number of aryl methyl sites for hydroxylation is 2. The van der Waals surface area contributed by atoms with Gasteiger partial charge in [0.25, 0.3) is 5.89 Å². The summed E-state index contributed by atoms with van der Waals surface area (Å²) in [5.74, 6) is 0.611. The van der Waals surface area contributed by atoms with E-state index < -0.39 is 5.67 Å². The number of rotatable bonds is 4. The van der Waals surface area contributed by atoms with Gasteiger partial charge in [-0.25, -0.2) is 4.39 Å². The summed E-state index contributed by atoms with van der Waals surface area (Å²) in [5, 5.41) is 7.65. The van der Waals surface area contributed by atoms with Gasteiger partial charge < -0.3 is 13.9 Å². The summed E-state index contributed by atoms with van der Waals surface area (Å²) in [5.41, 5.74) is 0.253. The Labute approximate surface area is 154 Å². The second-order valence-electron chi connectivity index (χ2n) is 6.67. The van der Waals surface area contributed by atoms with Crippen molar-refractivity contribution in [3.63, 3.8) is 0 Å². The lowest BCUT2D eigenvalue weighted by atomic mass is 10.1. The standard InChI is InChI=1S/C18H18FN5O3/c1-11-14(12(2)26-22-11)9-15(25)24-8-5-18(19,10-24)17-21-16(27-23-17)13-3-6-20-7-4-13/h3-4,6-7H,5,8-10H2,1-2H3. The Kier molecular flexibility index (Phi) is 4.21. The fraction of sp³-hybridized carbons (Fsp3) is 0.389. The molecule has 27 heavy (non-hydrogen) atoms. The molecule has 9 heteroatoms. The number of pyridine rings is 1. The van der Waals surface area contributed by atoms with Crippen molar-refractivity contribution in [1.82, 2.24) is 25.2 Å². The van der Waals surface area contributed by atoms with Crippen LogP contribution < -0.4 is 0 Å². The number of aromatic nitrogens is 4. The van der Waals surface area contributed by atoms with Gasteiger partial charge >= 0.3 is 0 Å². The van der Waals surface area contributed by atoms with Gasteiger partial charge in [-0.2, -0.15) is 4.98 Å². The molecule has 0 aliphatic carbocycles. The summed E-state index contributed by atoms with van der Waals surface area (Å²) >= 11 is 0. The van der Waals surface area contributed by atoms with E-state index in [1.54, 1.807) is 38.4 Å². The topological polar surface area (TPSA) is 98.2 Å². The van der Waals surface area contributed by atoms with Crippen LogP contribution in [0.4, 0.5) is 4.39 Å². The molecule has 4 heterocycles. The molecule has 0 spiro atoms. The van der Waals surface area contributed by atoms with Crippen molar-refractivity contribution >= 4 is 5.91 Å². The van der Waals surface area contributed by atoms with Crippen LogP contribution in [-0.4, -0.2) is 44.2 Å². The normalized spacial score (nSPS) is 19.6. The largest absolute Gasteiger partial charge is 0.361 e. The molecule has 3 aromatic heterocycles. The predicted molar refractivity (Wildman–Crippen MR) is 91.2 cm³/mol. The molecule has 3 aromatic rings. The molecule has 0 bridgehead atoms. The third-order valence-electron chi connectivity index (χ3n) is 4.84. The summed E-state index contributed by atoms with van der Waals surface area (Å²) < 4.78 is 25.7. The summed E-state index contributed by atoms with van der Waals surface area (Å²) in [7, 11) is 0. The molecule has 1 aliphatic rings. The molecule has 0 radical (unpaired) electrons. The molecule has 1 unspecified atom stereocenters. The van der Waals surface area contributed by atoms with Gasteiger partial charge in [0.15, 0.2) is 5.67 Å². The Bertz CT molecular complexity index is 951. The minimum absolute atomic E-state index is 0.0399. The van der Waals surface area contributed by atoms with Crippen LogP contribution in [0.2, 0.25) is 0 Å². The maximum atomic E-state index is 15.4. The van der Waals surface area contributed by atoms with Crippen LogP contribution in [0, 0.1) is 13.8 Å². The van der Waals surface area contributed by atoms with E-state index >= 15 is 4.39 Å². The highest BCUT2D eigenvalue weighted by Crippen LogP contribution is 2.35. The first-order chi connectivity index (χ1) is 13.0. The lowest BCUT2D eigenvalue weighted by Gasteiger charge is -2.18. The van der Waals surface area contributed by atoms with Gasteiger partial charge in [-0.15, -0.1) is 0 Å². The van der Waals surface area contributed by atoms with Gasteiger partial charge in [-0.1, -0.05) is 10.3 Å². The van der Waals surface area contributed by atoms with Crippen LogP contribution in [0.5, 0.6) is 0 Å². The third kappa shape index (κ3) is 3.20. The van der Waals surface area contributed by atoms with Gasteiger partial charge in [-0.3, -0.25) is 9.78 Å². The van der Waals surface area contributed by atoms with Crippen LogP contribution in [-0.2, 0) is 16.9 Å². The Morgan fingerprint density at radius 1 is 1.26 bits per heavy atom. The van der Waals surface area contributed by atoms with Crippen molar-refractivity contribution in [2.75, 3.05) is 13.1 Å². The molecule has 1 amide bonds. The van der Waals surface area contributed by atoms with Gasteiger partial charge in [0.1, 0.15) is 5.76 Å². The molecule has 1 atom stereocenters. The van der Waals surface area contributed by atoms with Crippen molar-refractivity contribution < 1.29 is 18.2 Å². The molecule has 0 N–H and O–H groups in total. The number of alkyl halides is 1. The van der Waals surface area contributed by atoms with E-state index in [0.717, 1.165) is 5.56 Å². The minimum Gasteiger partial charge on any atom is -0.361 e. The molecule has 1 fully saturated rings. The molecule has 140 valence electrons. The van der Waals surface area contributed by atoms with E-state index in [9.17, 15) is 4.79 Å². The fourth-order valence-corrected chi connectivity index (χ4v) is 3.20. The van der Waals surface area contributed by atoms with Crippen molar-refractivity contribution in [1.29, 1.82) is 0 Å². The summed E-state index contributed by atoms with van der Waals surface area (Å²) in [4.78, 5) is 22.2. The van der Waals surface area contributed by atoms with E-state index in [2.05, 4.69) is 20.3 Å². The Morgan fingerprint density at radius 2 is 2.04 bits per heavy atom. The fourth-order valence-electron chi connectivity index (χ4n) is 3.20. The number of carbonyl (C=O) groups excluding carboxylic acids is 1. The smallest absolute Gasteiger partial charge is 0.258 e. The number of likely N-dealkylation sites (tertiary alicyclic amines) is 1. The zero-order valence-electron chi connectivity index (χ0n) is 15.0. The average Bonchev–Trinajstić information content (AvgIpc) is 3.39. The van der Waals surface area contributed by atoms with Gasteiger partial charge in [-0.05, 0) is 26.0 Å². The number of halogens is 1. The Hall–Kier alpha value is -3.10. The first kappa shape index (κ1) is 17.3. The Morgan fingerprint density at radius 3 is 2.74 bits per heavy atom. The van der Waals surface area contributed by atoms with Crippen LogP contribution >= 0.6 is 0 Å². The quantitative estimate of drug-likeness (QED) is 0.694. The summed E-state index contributed by atoms with van der Waals surface area (Å²) in [6.45, 7) is 3.72. The van der Waals surface area contributed by atoms with Gasteiger partial charge in [0, 0.05) is 36.5 Å². The van der Waals surface area contributed by atoms with Gasteiger partial charge in [0.05, 0.1) is 18.7 Å². The number of nitrogens with zero attached hydrogens (tertiary/aromatic N) is 5. The molecule has 1 saturated heterocycles. The van der Waals surface area contributed by atoms with Crippen LogP contribution in [0.15, 0.2) is 33.6 Å². The van der Waals surface area contributed by atoms with E-state index in [1.807, 2.05) is 0 Å². The number of hydrogen-bond acceptors (Lipinski definition) is 7.